The maximum Gasteiger partial charge on any atom is 0.251 e. The number of benzene rings is 2. The van der Waals surface area contributed by atoms with Gasteiger partial charge in [-0.05, 0) is 53.3 Å². The fourth-order valence-corrected chi connectivity index (χ4v) is 6.29. The van der Waals surface area contributed by atoms with Gasteiger partial charge in [0.15, 0.2) is 0 Å². The summed E-state index contributed by atoms with van der Waals surface area (Å²) in [4.78, 5) is 44.2. The summed E-state index contributed by atoms with van der Waals surface area (Å²) in [7, 11) is 0. The van der Waals surface area contributed by atoms with Crippen LogP contribution >= 0.6 is 11.3 Å². The lowest BCUT2D eigenvalue weighted by atomic mass is 9.85. The van der Waals surface area contributed by atoms with Crippen molar-refractivity contribution < 1.29 is 29.3 Å². The Morgan fingerprint density at radius 3 is 2.28 bits per heavy atom. The van der Waals surface area contributed by atoms with E-state index in [1.54, 1.807) is 35.6 Å². The van der Waals surface area contributed by atoms with Crippen LogP contribution in [0.4, 0.5) is 0 Å². The van der Waals surface area contributed by atoms with Crippen molar-refractivity contribution in [3.8, 4) is 10.4 Å². The molecule has 3 heterocycles. The highest BCUT2D eigenvalue weighted by Gasteiger charge is 2.44. The van der Waals surface area contributed by atoms with Crippen molar-refractivity contribution in [3.05, 3.63) is 82.2 Å². The molecule has 2 aliphatic rings. The van der Waals surface area contributed by atoms with Gasteiger partial charge < -0.3 is 30.5 Å². The van der Waals surface area contributed by atoms with E-state index in [1.807, 2.05) is 45.0 Å². The van der Waals surface area contributed by atoms with E-state index in [9.17, 15) is 24.6 Å². The Hall–Kier alpha value is -3.57. The molecule has 0 spiro atoms. The van der Waals surface area contributed by atoms with Gasteiger partial charge in [-0.1, -0.05) is 57.2 Å². The van der Waals surface area contributed by atoms with Crippen LogP contribution in [0.3, 0.4) is 0 Å². The van der Waals surface area contributed by atoms with Gasteiger partial charge >= 0.3 is 0 Å². The Labute approximate surface area is 255 Å². The molecule has 43 heavy (non-hydrogen) atoms. The molecule has 5 rings (SSSR count). The van der Waals surface area contributed by atoms with Gasteiger partial charge in [-0.15, -0.1) is 11.3 Å². The first kappa shape index (κ1) is 30.9. The zero-order chi connectivity index (χ0) is 30.9. The number of nitrogens with zero attached hydrogens (tertiary/aromatic N) is 1. The number of hydrogen-bond acceptors (Lipinski definition) is 7. The molecule has 2 aromatic carbocycles. The summed E-state index contributed by atoms with van der Waals surface area (Å²) in [5.74, 6) is -1.22. The highest BCUT2D eigenvalue weighted by Crippen LogP contribution is 2.31. The Balaban J connectivity index is 1.24. The van der Waals surface area contributed by atoms with Gasteiger partial charge in [0.25, 0.3) is 5.91 Å². The fourth-order valence-electron chi connectivity index (χ4n) is 5.41. The molecule has 3 atom stereocenters. The normalized spacial score (nSPS) is 20.3. The van der Waals surface area contributed by atoms with Gasteiger partial charge in [-0.25, -0.2) is 0 Å². The molecular weight excluding hydrogens is 566 g/mol. The van der Waals surface area contributed by atoms with E-state index in [0.29, 0.717) is 11.1 Å². The third kappa shape index (κ3) is 6.83. The molecule has 10 heteroatoms. The Kier molecular flexibility index (Phi) is 8.76. The minimum atomic E-state index is -1.04. The van der Waals surface area contributed by atoms with Crippen LogP contribution in [0, 0.1) is 12.3 Å². The van der Waals surface area contributed by atoms with Crippen LogP contribution in [0.1, 0.15) is 53.6 Å². The number of aliphatic hydroxyl groups is 2. The molecule has 1 aromatic heterocycles. The molecule has 0 unspecified atom stereocenters. The lowest BCUT2D eigenvalue weighted by Gasteiger charge is -2.37. The second kappa shape index (κ2) is 12.2. The van der Waals surface area contributed by atoms with Crippen molar-refractivity contribution in [3.63, 3.8) is 0 Å². The molecular formula is C33H39N3O6S. The second-order valence-corrected chi connectivity index (χ2v) is 13.9. The number of nitrogens with one attached hydrogen (secondary N) is 2. The summed E-state index contributed by atoms with van der Waals surface area (Å²) in [5, 5.41) is 26.7. The quantitative estimate of drug-likeness (QED) is 0.312. The third-order valence-corrected chi connectivity index (χ3v) is 9.11. The monoisotopic (exact) mass is 605 g/mol. The van der Waals surface area contributed by atoms with Crippen molar-refractivity contribution in [1.82, 2.24) is 15.5 Å². The third-order valence-electron chi connectivity index (χ3n) is 8.06. The molecule has 0 aliphatic carbocycles. The SMILES string of the molecule is Cc1ccc(-c2ccc(CNC(=O)[C@@H]3C[C@@H](O)CN3C(=O)[C@@H](NC(=O)c3ccc(C4(O)COC4)cc3)C(C)(C)C)cc2)s1. The molecule has 0 saturated carbocycles. The molecule has 2 fully saturated rings. The predicted octanol–water partition coefficient (Wildman–Crippen LogP) is 3.36. The predicted molar refractivity (Wildman–Crippen MR) is 164 cm³/mol. The number of ether oxygens (including phenoxy) is 1. The summed E-state index contributed by atoms with van der Waals surface area (Å²) < 4.78 is 5.11. The van der Waals surface area contributed by atoms with Gasteiger partial charge in [0, 0.05) is 34.8 Å². The molecule has 2 saturated heterocycles. The zero-order valence-electron chi connectivity index (χ0n) is 24.9. The van der Waals surface area contributed by atoms with Gasteiger partial charge in [0.2, 0.25) is 11.8 Å². The standard InChI is InChI=1S/C33H39N3O6S/c1-20-5-14-27(43-20)22-8-6-21(7-9-22)16-34-30(39)26-15-25(37)17-36(26)31(40)28(32(2,3)4)35-29(38)23-10-12-24(13-11-23)33(41)18-42-19-33/h5-14,25-26,28,37,41H,15-19H2,1-4H3,(H,34,39)(H,35,38)/t25-,26+,28-/m1/s1. The number of amides is 3. The van der Waals surface area contributed by atoms with Crippen LogP contribution in [-0.4, -0.2) is 70.8 Å². The minimum absolute atomic E-state index is 0.00362. The number of likely N-dealkylation sites (tertiary alicyclic amines) is 1. The van der Waals surface area contributed by atoms with E-state index in [0.717, 1.165) is 11.1 Å². The maximum absolute atomic E-state index is 13.9. The summed E-state index contributed by atoms with van der Waals surface area (Å²) in [6.45, 7) is 8.29. The van der Waals surface area contributed by atoms with E-state index in [2.05, 4.69) is 29.7 Å². The molecule has 3 aromatic rings. The topological polar surface area (TPSA) is 128 Å². The fraction of sp³-hybridized carbons (Fsp3) is 0.424. The smallest absolute Gasteiger partial charge is 0.251 e. The van der Waals surface area contributed by atoms with Crippen molar-refractivity contribution in [2.75, 3.05) is 19.8 Å². The van der Waals surface area contributed by atoms with Gasteiger partial charge in [0.1, 0.15) is 17.7 Å². The molecule has 0 radical (unpaired) electrons. The van der Waals surface area contributed by atoms with Crippen molar-refractivity contribution in [1.29, 1.82) is 0 Å². The number of thiophene rings is 1. The summed E-state index contributed by atoms with van der Waals surface area (Å²) in [5.41, 5.74) is 1.31. The molecule has 2 aliphatic heterocycles. The second-order valence-electron chi connectivity index (χ2n) is 12.6. The van der Waals surface area contributed by atoms with Crippen molar-refractivity contribution in [2.24, 2.45) is 5.41 Å². The maximum atomic E-state index is 13.9. The summed E-state index contributed by atoms with van der Waals surface area (Å²) >= 11 is 1.72. The molecule has 4 N–H and O–H groups in total. The van der Waals surface area contributed by atoms with Gasteiger partial charge in [-0.2, -0.15) is 0 Å². The van der Waals surface area contributed by atoms with E-state index < -0.39 is 41.0 Å². The molecule has 9 nitrogen and oxygen atoms in total. The number of hydrogen-bond donors (Lipinski definition) is 4. The Morgan fingerprint density at radius 2 is 1.72 bits per heavy atom. The molecule has 228 valence electrons. The summed E-state index contributed by atoms with van der Waals surface area (Å²) in [6, 6.07) is 16.9. The number of rotatable bonds is 8. The van der Waals surface area contributed by atoms with Crippen LogP contribution in [0.25, 0.3) is 10.4 Å². The van der Waals surface area contributed by atoms with Gasteiger partial charge in [-0.3, -0.25) is 14.4 Å². The van der Waals surface area contributed by atoms with E-state index in [1.165, 1.54) is 14.7 Å². The number of carbonyl (C=O) groups is 3. The lowest BCUT2D eigenvalue weighted by molar-refractivity contribution is -0.184. The zero-order valence-corrected chi connectivity index (χ0v) is 25.7. The lowest BCUT2D eigenvalue weighted by Crippen LogP contribution is -2.57. The highest BCUT2D eigenvalue weighted by molar-refractivity contribution is 7.15. The average Bonchev–Trinajstić information content (AvgIpc) is 3.58. The average molecular weight is 606 g/mol. The first-order chi connectivity index (χ1) is 20.3. The van der Waals surface area contributed by atoms with E-state index in [-0.39, 0.29) is 38.6 Å². The Morgan fingerprint density at radius 1 is 1.05 bits per heavy atom. The van der Waals surface area contributed by atoms with E-state index in [4.69, 9.17) is 4.74 Å². The van der Waals surface area contributed by atoms with Crippen molar-refractivity contribution in [2.45, 2.75) is 64.4 Å². The van der Waals surface area contributed by atoms with Crippen molar-refractivity contribution >= 4 is 29.1 Å². The number of β-amino-alcohol motifs (C(OH)–C–C–N with tert-alkyl or cyclic N) is 1. The van der Waals surface area contributed by atoms with Crippen LogP contribution in [0.2, 0.25) is 0 Å². The molecule has 0 bridgehead atoms. The first-order valence-corrected chi connectivity index (χ1v) is 15.3. The van der Waals surface area contributed by atoms with Crippen LogP contribution in [-0.2, 0) is 26.5 Å². The van der Waals surface area contributed by atoms with E-state index >= 15 is 0 Å². The van der Waals surface area contributed by atoms with Gasteiger partial charge in [0.05, 0.1) is 19.3 Å². The summed E-state index contributed by atoms with van der Waals surface area (Å²) in [6.07, 6.45) is -0.731. The Bertz CT molecular complexity index is 1470. The highest BCUT2D eigenvalue weighted by atomic mass is 32.1. The number of carbonyl (C=O) groups excluding carboxylic acids is 3. The minimum Gasteiger partial charge on any atom is -0.391 e. The number of aryl methyl sites for hydroxylation is 1. The molecule has 3 amide bonds. The largest absolute Gasteiger partial charge is 0.391 e. The van der Waals surface area contributed by atoms with Crippen LogP contribution < -0.4 is 10.6 Å². The number of aliphatic hydroxyl groups excluding tert-OH is 1. The van der Waals surface area contributed by atoms with Crippen LogP contribution in [0.5, 0.6) is 0 Å². The first-order valence-electron chi connectivity index (χ1n) is 14.5. The van der Waals surface area contributed by atoms with Crippen LogP contribution in [0.15, 0.2) is 60.7 Å².